The van der Waals surface area contributed by atoms with E-state index in [0.29, 0.717) is 30.6 Å². The maximum atomic E-state index is 11.6. The molecule has 0 heterocycles. The molecule has 1 aliphatic carbocycles. The third-order valence-electron chi connectivity index (χ3n) is 3.17. The molecule has 1 saturated carbocycles. The number of para-hydroxylation sites is 2. The van der Waals surface area contributed by atoms with Crippen LogP contribution in [0, 0.1) is 11.8 Å². The van der Waals surface area contributed by atoms with Gasteiger partial charge in [-0.25, -0.2) is 0 Å². The van der Waals surface area contributed by atoms with E-state index >= 15 is 0 Å². The van der Waals surface area contributed by atoms with Crippen LogP contribution in [-0.2, 0) is 4.79 Å². The fourth-order valence-corrected chi connectivity index (χ4v) is 1.89. The van der Waals surface area contributed by atoms with Crippen LogP contribution in [0.4, 0.5) is 0 Å². The van der Waals surface area contributed by atoms with Crippen molar-refractivity contribution < 1.29 is 14.3 Å². The second-order valence-corrected chi connectivity index (χ2v) is 4.61. The number of rotatable bonds is 6. The van der Waals surface area contributed by atoms with Gasteiger partial charge in [0.2, 0.25) is 5.91 Å². The average molecular weight is 249 g/mol. The summed E-state index contributed by atoms with van der Waals surface area (Å²) in [6, 6.07) is 7.48. The van der Waals surface area contributed by atoms with Crippen molar-refractivity contribution in [2.75, 3.05) is 20.3 Å². The van der Waals surface area contributed by atoms with E-state index in [1.165, 1.54) is 0 Å². The lowest BCUT2D eigenvalue weighted by Gasteiger charge is -2.10. The van der Waals surface area contributed by atoms with Crippen LogP contribution >= 0.6 is 0 Å². The highest BCUT2D eigenvalue weighted by Gasteiger charge is 2.38. The summed E-state index contributed by atoms with van der Waals surface area (Å²) >= 11 is 0. The highest BCUT2D eigenvalue weighted by molar-refractivity contribution is 5.81. The SMILES string of the molecule is COc1ccccc1OCCNC(=O)[C@@H]1C[C@H]1C. The first kappa shape index (κ1) is 12.7. The van der Waals surface area contributed by atoms with Crippen molar-refractivity contribution >= 4 is 5.91 Å². The summed E-state index contributed by atoms with van der Waals surface area (Å²) in [6.07, 6.45) is 1.01. The van der Waals surface area contributed by atoms with Crippen LogP contribution in [0.15, 0.2) is 24.3 Å². The van der Waals surface area contributed by atoms with Gasteiger partial charge in [0.05, 0.1) is 13.7 Å². The fraction of sp³-hybridized carbons (Fsp3) is 0.500. The Morgan fingerprint density at radius 2 is 2.06 bits per heavy atom. The normalized spacial score (nSPS) is 21.2. The maximum Gasteiger partial charge on any atom is 0.223 e. The van der Waals surface area contributed by atoms with E-state index in [9.17, 15) is 4.79 Å². The Hall–Kier alpha value is -1.71. The van der Waals surface area contributed by atoms with Gasteiger partial charge in [0.25, 0.3) is 0 Å². The first-order chi connectivity index (χ1) is 8.72. The van der Waals surface area contributed by atoms with E-state index in [2.05, 4.69) is 12.2 Å². The number of amides is 1. The summed E-state index contributed by atoms with van der Waals surface area (Å²) in [5.74, 6) is 2.32. The summed E-state index contributed by atoms with van der Waals surface area (Å²) in [5, 5.41) is 2.88. The van der Waals surface area contributed by atoms with Gasteiger partial charge in [0.15, 0.2) is 11.5 Å². The van der Waals surface area contributed by atoms with Crippen molar-refractivity contribution in [1.29, 1.82) is 0 Å². The minimum Gasteiger partial charge on any atom is -0.493 e. The molecule has 4 nitrogen and oxygen atoms in total. The molecule has 0 aromatic heterocycles. The van der Waals surface area contributed by atoms with Crippen molar-refractivity contribution in [2.45, 2.75) is 13.3 Å². The zero-order valence-electron chi connectivity index (χ0n) is 10.8. The molecule has 4 heteroatoms. The third-order valence-corrected chi connectivity index (χ3v) is 3.17. The molecule has 1 amide bonds. The number of benzene rings is 1. The van der Waals surface area contributed by atoms with E-state index in [1.807, 2.05) is 24.3 Å². The first-order valence-electron chi connectivity index (χ1n) is 6.26. The molecule has 1 aromatic rings. The van der Waals surface area contributed by atoms with Gasteiger partial charge >= 0.3 is 0 Å². The van der Waals surface area contributed by atoms with Gasteiger partial charge in [0.1, 0.15) is 6.61 Å². The average Bonchev–Trinajstić information content (AvgIpc) is 3.12. The minimum atomic E-state index is 0.145. The Labute approximate surface area is 107 Å². The third kappa shape index (κ3) is 3.15. The Morgan fingerprint density at radius 3 is 2.67 bits per heavy atom. The Balaban J connectivity index is 1.70. The van der Waals surface area contributed by atoms with Gasteiger partial charge in [0, 0.05) is 5.92 Å². The molecule has 1 aromatic carbocycles. The molecule has 2 rings (SSSR count). The number of ether oxygens (including phenoxy) is 2. The van der Waals surface area contributed by atoms with Crippen molar-refractivity contribution in [2.24, 2.45) is 11.8 Å². The molecule has 1 fully saturated rings. The second kappa shape index (κ2) is 5.76. The van der Waals surface area contributed by atoms with Crippen LogP contribution in [0.2, 0.25) is 0 Å². The molecular weight excluding hydrogens is 230 g/mol. The molecular formula is C14H19NO3. The Morgan fingerprint density at radius 1 is 1.39 bits per heavy atom. The Kier molecular flexibility index (Phi) is 4.07. The Bertz CT molecular complexity index is 419. The zero-order valence-corrected chi connectivity index (χ0v) is 10.8. The van der Waals surface area contributed by atoms with Gasteiger partial charge in [-0.1, -0.05) is 19.1 Å². The lowest BCUT2D eigenvalue weighted by Crippen LogP contribution is -2.29. The van der Waals surface area contributed by atoms with Crippen LogP contribution in [-0.4, -0.2) is 26.2 Å². The van der Waals surface area contributed by atoms with Gasteiger partial charge in [-0.2, -0.15) is 0 Å². The topological polar surface area (TPSA) is 47.6 Å². The molecule has 0 unspecified atom stereocenters. The summed E-state index contributed by atoms with van der Waals surface area (Å²) in [5.41, 5.74) is 0. The molecule has 2 atom stereocenters. The predicted octanol–water partition coefficient (Wildman–Crippen LogP) is 1.85. The summed E-state index contributed by atoms with van der Waals surface area (Å²) in [7, 11) is 1.61. The van der Waals surface area contributed by atoms with Crippen LogP contribution < -0.4 is 14.8 Å². The van der Waals surface area contributed by atoms with Crippen LogP contribution in [0.3, 0.4) is 0 Å². The molecule has 1 N–H and O–H groups in total. The van der Waals surface area contributed by atoms with Gasteiger partial charge in [-0.05, 0) is 24.5 Å². The molecule has 18 heavy (non-hydrogen) atoms. The van der Waals surface area contributed by atoms with Gasteiger partial charge in [-0.3, -0.25) is 4.79 Å². The van der Waals surface area contributed by atoms with Crippen LogP contribution in [0.5, 0.6) is 11.5 Å². The smallest absolute Gasteiger partial charge is 0.223 e. The van der Waals surface area contributed by atoms with Crippen molar-refractivity contribution in [3.63, 3.8) is 0 Å². The standard InChI is InChI=1S/C14H19NO3/c1-10-9-11(10)14(16)15-7-8-18-13-6-4-3-5-12(13)17-2/h3-6,10-11H,7-9H2,1-2H3,(H,15,16)/t10-,11-/m1/s1. The highest BCUT2D eigenvalue weighted by atomic mass is 16.5. The molecule has 0 saturated heterocycles. The van der Waals surface area contributed by atoms with Crippen molar-refractivity contribution in [1.82, 2.24) is 5.32 Å². The fourth-order valence-electron chi connectivity index (χ4n) is 1.89. The molecule has 0 aliphatic heterocycles. The molecule has 1 aliphatic rings. The van der Waals surface area contributed by atoms with Gasteiger partial charge < -0.3 is 14.8 Å². The van der Waals surface area contributed by atoms with Crippen molar-refractivity contribution in [3.05, 3.63) is 24.3 Å². The zero-order chi connectivity index (χ0) is 13.0. The number of carbonyl (C=O) groups is 1. The van der Waals surface area contributed by atoms with E-state index in [0.717, 1.165) is 6.42 Å². The lowest BCUT2D eigenvalue weighted by molar-refractivity contribution is -0.122. The van der Waals surface area contributed by atoms with E-state index in [1.54, 1.807) is 7.11 Å². The molecule has 0 bridgehead atoms. The van der Waals surface area contributed by atoms with E-state index in [4.69, 9.17) is 9.47 Å². The van der Waals surface area contributed by atoms with E-state index < -0.39 is 0 Å². The summed E-state index contributed by atoms with van der Waals surface area (Å²) < 4.78 is 10.7. The monoisotopic (exact) mass is 249 g/mol. The van der Waals surface area contributed by atoms with E-state index in [-0.39, 0.29) is 11.8 Å². The van der Waals surface area contributed by atoms with Gasteiger partial charge in [-0.15, -0.1) is 0 Å². The quantitative estimate of drug-likeness (QED) is 0.783. The van der Waals surface area contributed by atoms with Crippen LogP contribution in [0.1, 0.15) is 13.3 Å². The summed E-state index contributed by atoms with van der Waals surface area (Å²) in [4.78, 5) is 11.6. The summed E-state index contributed by atoms with van der Waals surface area (Å²) in [6.45, 7) is 3.07. The number of nitrogens with one attached hydrogen (secondary N) is 1. The number of carbonyl (C=O) groups excluding carboxylic acids is 1. The number of hydrogen-bond acceptors (Lipinski definition) is 3. The predicted molar refractivity (Wildman–Crippen MR) is 68.8 cm³/mol. The highest BCUT2D eigenvalue weighted by Crippen LogP contribution is 2.37. The van der Waals surface area contributed by atoms with Crippen molar-refractivity contribution in [3.8, 4) is 11.5 Å². The molecule has 0 radical (unpaired) electrons. The van der Waals surface area contributed by atoms with Crippen LogP contribution in [0.25, 0.3) is 0 Å². The minimum absolute atomic E-state index is 0.145. The lowest BCUT2D eigenvalue weighted by atomic mass is 10.3. The number of methoxy groups -OCH3 is 1. The largest absolute Gasteiger partial charge is 0.493 e. The number of hydrogen-bond donors (Lipinski definition) is 1. The first-order valence-corrected chi connectivity index (χ1v) is 6.26. The molecule has 98 valence electrons. The maximum absolute atomic E-state index is 11.6. The second-order valence-electron chi connectivity index (χ2n) is 4.61. The molecule has 0 spiro atoms.